The summed E-state index contributed by atoms with van der Waals surface area (Å²) in [6, 6.07) is 1.91. The second-order valence-electron chi connectivity index (χ2n) is 3.01. The summed E-state index contributed by atoms with van der Waals surface area (Å²) in [6.07, 6.45) is 3.53. The van der Waals surface area contributed by atoms with Gasteiger partial charge in [-0.1, -0.05) is 0 Å². The number of rotatable bonds is 5. The van der Waals surface area contributed by atoms with Crippen molar-refractivity contribution in [1.29, 1.82) is 0 Å². The van der Waals surface area contributed by atoms with Gasteiger partial charge in [0.1, 0.15) is 0 Å². The molecule has 0 radical (unpaired) electrons. The fourth-order valence-electron chi connectivity index (χ4n) is 1.44. The molecule has 0 amide bonds. The minimum Gasteiger partial charge on any atom is -0.395 e. The van der Waals surface area contributed by atoms with Crippen molar-refractivity contribution in [3.63, 3.8) is 0 Å². The van der Waals surface area contributed by atoms with Crippen LogP contribution in [0.15, 0.2) is 18.5 Å². The first-order valence-corrected chi connectivity index (χ1v) is 4.82. The van der Waals surface area contributed by atoms with Crippen LogP contribution in [0.25, 0.3) is 0 Å². The number of aliphatic hydroxyl groups is 1. The summed E-state index contributed by atoms with van der Waals surface area (Å²) in [5.41, 5.74) is 7.71. The first-order valence-electron chi connectivity index (χ1n) is 4.82. The number of nitrogens with zero attached hydrogens (tertiary/aromatic N) is 2. The van der Waals surface area contributed by atoms with Crippen LogP contribution < -0.4 is 10.6 Å². The third-order valence-electron chi connectivity index (χ3n) is 2.20. The molecule has 0 atom stereocenters. The highest BCUT2D eigenvalue weighted by atomic mass is 16.3. The number of hydrogen-bond acceptors (Lipinski definition) is 4. The van der Waals surface area contributed by atoms with Gasteiger partial charge in [-0.25, -0.2) is 0 Å². The lowest BCUT2D eigenvalue weighted by Gasteiger charge is -2.23. The van der Waals surface area contributed by atoms with Gasteiger partial charge in [-0.3, -0.25) is 4.98 Å². The minimum absolute atomic E-state index is 0.146. The third kappa shape index (κ3) is 2.43. The summed E-state index contributed by atoms with van der Waals surface area (Å²) in [6.45, 7) is 4.16. The zero-order chi connectivity index (χ0) is 10.4. The molecule has 0 saturated heterocycles. The number of anilines is 1. The molecule has 4 nitrogen and oxygen atoms in total. The van der Waals surface area contributed by atoms with E-state index in [0.29, 0.717) is 13.1 Å². The quantitative estimate of drug-likeness (QED) is 0.712. The van der Waals surface area contributed by atoms with E-state index in [9.17, 15) is 0 Å². The minimum atomic E-state index is 0.146. The molecule has 78 valence electrons. The van der Waals surface area contributed by atoms with E-state index in [-0.39, 0.29) is 6.61 Å². The number of aromatic nitrogens is 1. The summed E-state index contributed by atoms with van der Waals surface area (Å²) >= 11 is 0. The molecule has 0 aromatic carbocycles. The predicted octanol–water partition coefficient (Wildman–Crippen LogP) is 0.359. The van der Waals surface area contributed by atoms with Crippen LogP contribution >= 0.6 is 0 Å². The molecule has 1 aromatic rings. The SMILES string of the molecule is CCN(CCO)c1cnccc1CN. The molecular formula is C10H17N3O. The van der Waals surface area contributed by atoms with Crippen LogP contribution in [0.4, 0.5) is 5.69 Å². The second-order valence-corrected chi connectivity index (χ2v) is 3.01. The van der Waals surface area contributed by atoms with Crippen molar-refractivity contribution < 1.29 is 5.11 Å². The van der Waals surface area contributed by atoms with Crippen molar-refractivity contribution in [2.24, 2.45) is 5.73 Å². The molecule has 0 aliphatic carbocycles. The highest BCUT2D eigenvalue weighted by Gasteiger charge is 2.07. The van der Waals surface area contributed by atoms with Gasteiger partial charge >= 0.3 is 0 Å². The van der Waals surface area contributed by atoms with Crippen molar-refractivity contribution in [3.8, 4) is 0 Å². The fourth-order valence-corrected chi connectivity index (χ4v) is 1.44. The number of nitrogens with two attached hydrogens (primary N) is 1. The zero-order valence-electron chi connectivity index (χ0n) is 8.48. The van der Waals surface area contributed by atoms with Crippen LogP contribution in [0.3, 0.4) is 0 Å². The Balaban J connectivity index is 2.90. The third-order valence-corrected chi connectivity index (χ3v) is 2.20. The van der Waals surface area contributed by atoms with Gasteiger partial charge in [0, 0.05) is 25.8 Å². The molecule has 14 heavy (non-hydrogen) atoms. The zero-order valence-corrected chi connectivity index (χ0v) is 8.48. The van der Waals surface area contributed by atoms with E-state index < -0.39 is 0 Å². The largest absolute Gasteiger partial charge is 0.395 e. The molecule has 0 aliphatic rings. The van der Waals surface area contributed by atoms with Gasteiger partial charge in [0.2, 0.25) is 0 Å². The van der Waals surface area contributed by atoms with Gasteiger partial charge < -0.3 is 15.7 Å². The lowest BCUT2D eigenvalue weighted by atomic mass is 10.2. The fraction of sp³-hybridized carbons (Fsp3) is 0.500. The Morgan fingerprint density at radius 3 is 2.93 bits per heavy atom. The molecule has 1 heterocycles. The smallest absolute Gasteiger partial charge is 0.0606 e. The summed E-state index contributed by atoms with van der Waals surface area (Å²) in [5.74, 6) is 0. The van der Waals surface area contributed by atoms with Crippen LogP contribution in [0.2, 0.25) is 0 Å². The average molecular weight is 195 g/mol. The summed E-state index contributed by atoms with van der Waals surface area (Å²) in [7, 11) is 0. The molecule has 1 rings (SSSR count). The van der Waals surface area contributed by atoms with Gasteiger partial charge in [-0.05, 0) is 18.6 Å². The van der Waals surface area contributed by atoms with E-state index in [2.05, 4.69) is 9.88 Å². The van der Waals surface area contributed by atoms with E-state index in [1.807, 2.05) is 13.0 Å². The molecule has 0 unspecified atom stereocenters. The van der Waals surface area contributed by atoms with Crippen LogP contribution in [-0.4, -0.2) is 29.8 Å². The van der Waals surface area contributed by atoms with E-state index in [0.717, 1.165) is 17.8 Å². The predicted molar refractivity (Wildman–Crippen MR) is 57.1 cm³/mol. The Kier molecular flexibility index (Phi) is 4.35. The Morgan fingerprint density at radius 1 is 1.57 bits per heavy atom. The Hall–Kier alpha value is -1.13. The second kappa shape index (κ2) is 5.57. The molecule has 0 saturated carbocycles. The van der Waals surface area contributed by atoms with E-state index >= 15 is 0 Å². The van der Waals surface area contributed by atoms with Gasteiger partial charge in [0.05, 0.1) is 18.5 Å². The van der Waals surface area contributed by atoms with Gasteiger partial charge in [0.15, 0.2) is 0 Å². The number of likely N-dealkylation sites (N-methyl/N-ethyl adjacent to an activating group) is 1. The Bertz CT molecular complexity index is 278. The van der Waals surface area contributed by atoms with Crippen LogP contribution in [-0.2, 0) is 6.54 Å². The van der Waals surface area contributed by atoms with E-state index in [1.165, 1.54) is 0 Å². The topological polar surface area (TPSA) is 62.4 Å². The van der Waals surface area contributed by atoms with Crippen molar-refractivity contribution in [2.45, 2.75) is 13.5 Å². The summed E-state index contributed by atoms with van der Waals surface area (Å²) in [5, 5.41) is 8.90. The molecular weight excluding hydrogens is 178 g/mol. The molecule has 3 N–H and O–H groups in total. The monoisotopic (exact) mass is 195 g/mol. The van der Waals surface area contributed by atoms with Crippen molar-refractivity contribution >= 4 is 5.69 Å². The molecule has 0 spiro atoms. The molecule has 1 aromatic heterocycles. The maximum absolute atomic E-state index is 8.90. The molecule has 0 aliphatic heterocycles. The summed E-state index contributed by atoms with van der Waals surface area (Å²) < 4.78 is 0. The first kappa shape index (κ1) is 10.9. The van der Waals surface area contributed by atoms with E-state index in [1.54, 1.807) is 12.4 Å². The first-order chi connectivity index (χ1) is 6.83. The number of hydrogen-bond donors (Lipinski definition) is 2. The van der Waals surface area contributed by atoms with Gasteiger partial charge in [0.25, 0.3) is 0 Å². The maximum atomic E-state index is 8.90. The number of pyridine rings is 1. The van der Waals surface area contributed by atoms with Crippen LogP contribution in [0, 0.1) is 0 Å². The average Bonchev–Trinajstić information content (AvgIpc) is 2.26. The summed E-state index contributed by atoms with van der Waals surface area (Å²) in [4.78, 5) is 6.13. The normalized spacial score (nSPS) is 10.2. The van der Waals surface area contributed by atoms with E-state index in [4.69, 9.17) is 10.8 Å². The molecule has 0 bridgehead atoms. The maximum Gasteiger partial charge on any atom is 0.0606 e. The van der Waals surface area contributed by atoms with Crippen LogP contribution in [0.5, 0.6) is 0 Å². The highest BCUT2D eigenvalue weighted by molar-refractivity contribution is 5.51. The highest BCUT2D eigenvalue weighted by Crippen LogP contribution is 2.17. The van der Waals surface area contributed by atoms with Gasteiger partial charge in [-0.2, -0.15) is 0 Å². The number of aliphatic hydroxyl groups excluding tert-OH is 1. The van der Waals surface area contributed by atoms with Crippen molar-refractivity contribution in [1.82, 2.24) is 4.98 Å². The van der Waals surface area contributed by atoms with Crippen molar-refractivity contribution in [3.05, 3.63) is 24.0 Å². The Morgan fingerprint density at radius 2 is 2.36 bits per heavy atom. The Labute approximate surface area is 84.4 Å². The lowest BCUT2D eigenvalue weighted by Crippen LogP contribution is -2.27. The molecule has 4 heteroatoms. The lowest BCUT2D eigenvalue weighted by molar-refractivity contribution is 0.302. The van der Waals surface area contributed by atoms with Gasteiger partial charge in [-0.15, -0.1) is 0 Å². The standard InChI is InChI=1S/C10H17N3O/c1-2-13(5-6-14)10-8-12-4-3-9(10)7-11/h3-4,8,14H,2,5-7,11H2,1H3. The van der Waals surface area contributed by atoms with Crippen molar-refractivity contribution in [2.75, 3.05) is 24.6 Å². The van der Waals surface area contributed by atoms with Crippen LogP contribution in [0.1, 0.15) is 12.5 Å². The molecule has 0 fully saturated rings.